The zero-order valence-corrected chi connectivity index (χ0v) is 14.3. The van der Waals surface area contributed by atoms with Crippen LogP contribution in [0, 0.1) is 0 Å². The van der Waals surface area contributed by atoms with Gasteiger partial charge in [0.1, 0.15) is 0 Å². The zero-order chi connectivity index (χ0) is 17.4. The van der Waals surface area contributed by atoms with E-state index in [0.29, 0.717) is 24.2 Å². The molecule has 0 spiro atoms. The molecule has 2 aromatic carbocycles. The number of hydrogen-bond acceptors (Lipinski definition) is 3. The summed E-state index contributed by atoms with van der Waals surface area (Å²) in [5, 5.41) is 8.56. The van der Waals surface area contributed by atoms with Gasteiger partial charge in [-0.25, -0.2) is 8.42 Å². The summed E-state index contributed by atoms with van der Waals surface area (Å²) >= 11 is 0. The predicted molar refractivity (Wildman–Crippen MR) is 93.8 cm³/mol. The number of carbonyl (C=O) groups is 1. The lowest BCUT2D eigenvalue weighted by molar-refractivity contribution is -0.137. The molecule has 0 aromatic heterocycles. The Morgan fingerprint density at radius 2 is 1.46 bits per heavy atom. The maximum absolute atomic E-state index is 12.3. The smallest absolute Gasteiger partial charge is 0.303 e. The molecule has 24 heavy (non-hydrogen) atoms. The zero-order valence-electron chi connectivity index (χ0n) is 13.5. The highest BCUT2D eigenvalue weighted by Crippen LogP contribution is 2.16. The molecule has 0 atom stereocenters. The maximum Gasteiger partial charge on any atom is 0.303 e. The van der Waals surface area contributed by atoms with Gasteiger partial charge < -0.3 is 5.11 Å². The first-order chi connectivity index (χ1) is 11.5. The van der Waals surface area contributed by atoms with Crippen molar-refractivity contribution in [2.75, 3.05) is 5.75 Å². The van der Waals surface area contributed by atoms with Gasteiger partial charge in [-0.3, -0.25) is 4.79 Å². The van der Waals surface area contributed by atoms with Crippen molar-refractivity contribution in [2.45, 2.75) is 37.0 Å². The van der Waals surface area contributed by atoms with E-state index in [1.165, 1.54) is 5.56 Å². The Kier molecular flexibility index (Phi) is 6.55. The van der Waals surface area contributed by atoms with E-state index < -0.39 is 15.8 Å². The SMILES string of the molecule is O=C(O)CCCCCS(=O)(=O)c1ccc(Cc2ccccc2)cc1. The van der Waals surface area contributed by atoms with Crippen molar-refractivity contribution >= 4 is 15.8 Å². The van der Waals surface area contributed by atoms with Crippen LogP contribution in [-0.4, -0.2) is 25.2 Å². The van der Waals surface area contributed by atoms with E-state index >= 15 is 0 Å². The summed E-state index contributed by atoms with van der Waals surface area (Å²) in [7, 11) is -3.30. The number of rotatable bonds is 9. The standard InChI is InChI=1S/C19H22O4S/c20-19(21)9-5-2-6-14-24(22,23)18-12-10-17(11-13-18)15-16-7-3-1-4-8-16/h1,3-4,7-8,10-13H,2,5-6,9,14-15H2,(H,20,21). The van der Waals surface area contributed by atoms with Crippen LogP contribution in [0.4, 0.5) is 0 Å². The summed E-state index contributed by atoms with van der Waals surface area (Å²) in [5.41, 5.74) is 2.26. The average Bonchev–Trinajstić information content (AvgIpc) is 2.55. The molecular formula is C19H22O4S. The van der Waals surface area contributed by atoms with Gasteiger partial charge in [0.2, 0.25) is 0 Å². The van der Waals surface area contributed by atoms with Gasteiger partial charge in [-0.15, -0.1) is 0 Å². The van der Waals surface area contributed by atoms with E-state index in [1.807, 2.05) is 42.5 Å². The van der Waals surface area contributed by atoms with Crippen molar-refractivity contribution in [2.24, 2.45) is 0 Å². The monoisotopic (exact) mass is 346 g/mol. The van der Waals surface area contributed by atoms with E-state index in [0.717, 1.165) is 12.0 Å². The average molecular weight is 346 g/mol. The van der Waals surface area contributed by atoms with Crippen molar-refractivity contribution in [3.05, 3.63) is 65.7 Å². The summed E-state index contributed by atoms with van der Waals surface area (Å²) < 4.78 is 24.6. The largest absolute Gasteiger partial charge is 0.481 e. The van der Waals surface area contributed by atoms with Crippen molar-refractivity contribution < 1.29 is 18.3 Å². The summed E-state index contributed by atoms with van der Waals surface area (Å²) in [6, 6.07) is 17.0. The third-order valence-electron chi connectivity index (χ3n) is 3.84. The van der Waals surface area contributed by atoms with Crippen LogP contribution in [0.2, 0.25) is 0 Å². The second-order valence-corrected chi connectivity index (χ2v) is 7.94. The van der Waals surface area contributed by atoms with E-state index in [2.05, 4.69) is 0 Å². The highest BCUT2D eigenvalue weighted by molar-refractivity contribution is 7.91. The Morgan fingerprint density at radius 1 is 0.833 bits per heavy atom. The summed E-state index contributed by atoms with van der Waals surface area (Å²) in [6.07, 6.45) is 2.48. The topological polar surface area (TPSA) is 71.4 Å². The first-order valence-electron chi connectivity index (χ1n) is 8.05. The van der Waals surface area contributed by atoms with Crippen LogP contribution in [0.15, 0.2) is 59.5 Å². The van der Waals surface area contributed by atoms with Crippen molar-refractivity contribution in [1.29, 1.82) is 0 Å². The van der Waals surface area contributed by atoms with E-state index in [1.54, 1.807) is 12.1 Å². The van der Waals surface area contributed by atoms with Crippen LogP contribution in [0.3, 0.4) is 0 Å². The fourth-order valence-corrected chi connectivity index (χ4v) is 3.88. The Bertz CT molecular complexity index is 750. The molecule has 5 heteroatoms. The number of sulfone groups is 1. The number of unbranched alkanes of at least 4 members (excludes halogenated alkanes) is 2. The molecule has 2 rings (SSSR count). The Morgan fingerprint density at radius 3 is 2.08 bits per heavy atom. The summed E-state index contributed by atoms with van der Waals surface area (Å²) in [4.78, 5) is 10.8. The van der Waals surface area contributed by atoms with Crippen LogP contribution in [-0.2, 0) is 21.1 Å². The van der Waals surface area contributed by atoms with Crippen molar-refractivity contribution in [3.63, 3.8) is 0 Å². The lowest BCUT2D eigenvalue weighted by atomic mass is 10.1. The lowest BCUT2D eigenvalue weighted by Crippen LogP contribution is -2.07. The first-order valence-corrected chi connectivity index (χ1v) is 9.70. The minimum Gasteiger partial charge on any atom is -0.481 e. The van der Waals surface area contributed by atoms with Gasteiger partial charge in [-0.1, -0.05) is 48.9 Å². The molecule has 0 saturated carbocycles. The Hall–Kier alpha value is -2.14. The van der Waals surface area contributed by atoms with E-state index in [-0.39, 0.29) is 12.2 Å². The van der Waals surface area contributed by atoms with Crippen LogP contribution >= 0.6 is 0 Å². The van der Waals surface area contributed by atoms with Gasteiger partial charge in [0.25, 0.3) is 0 Å². The van der Waals surface area contributed by atoms with Crippen LogP contribution in [0.5, 0.6) is 0 Å². The fourth-order valence-electron chi connectivity index (χ4n) is 2.51. The molecule has 0 fully saturated rings. The molecule has 0 aliphatic heterocycles. The molecule has 0 saturated heterocycles. The molecule has 1 N–H and O–H groups in total. The highest BCUT2D eigenvalue weighted by atomic mass is 32.2. The lowest BCUT2D eigenvalue weighted by Gasteiger charge is -2.06. The van der Waals surface area contributed by atoms with Gasteiger partial charge in [-0.2, -0.15) is 0 Å². The van der Waals surface area contributed by atoms with Gasteiger partial charge in [-0.05, 0) is 42.5 Å². The summed E-state index contributed by atoms with van der Waals surface area (Å²) in [5.74, 6) is -0.781. The fraction of sp³-hybridized carbons (Fsp3) is 0.316. The normalized spacial score (nSPS) is 11.3. The number of benzene rings is 2. The minimum atomic E-state index is -3.30. The molecule has 0 bridgehead atoms. The molecular weight excluding hydrogens is 324 g/mol. The second kappa shape index (κ2) is 8.64. The van der Waals surface area contributed by atoms with E-state index in [4.69, 9.17) is 5.11 Å². The van der Waals surface area contributed by atoms with Gasteiger partial charge in [0, 0.05) is 6.42 Å². The minimum absolute atomic E-state index is 0.0602. The number of aliphatic carboxylic acids is 1. The Balaban J connectivity index is 1.90. The number of carboxylic acid groups (broad SMARTS) is 1. The van der Waals surface area contributed by atoms with E-state index in [9.17, 15) is 13.2 Å². The van der Waals surface area contributed by atoms with Gasteiger partial charge in [0.05, 0.1) is 10.6 Å². The van der Waals surface area contributed by atoms with Crippen molar-refractivity contribution in [3.8, 4) is 0 Å². The quantitative estimate of drug-likeness (QED) is 0.703. The maximum atomic E-state index is 12.3. The Labute approximate surface area is 143 Å². The third kappa shape index (κ3) is 5.81. The molecule has 0 radical (unpaired) electrons. The third-order valence-corrected chi connectivity index (χ3v) is 5.65. The molecule has 0 amide bonds. The van der Waals surface area contributed by atoms with Crippen molar-refractivity contribution in [1.82, 2.24) is 0 Å². The highest BCUT2D eigenvalue weighted by Gasteiger charge is 2.14. The first kappa shape index (κ1) is 18.2. The molecule has 4 nitrogen and oxygen atoms in total. The molecule has 0 unspecified atom stereocenters. The van der Waals surface area contributed by atoms with Crippen LogP contribution in [0.1, 0.15) is 36.8 Å². The summed E-state index contributed by atoms with van der Waals surface area (Å²) in [6.45, 7) is 0. The van der Waals surface area contributed by atoms with Gasteiger partial charge in [0.15, 0.2) is 9.84 Å². The van der Waals surface area contributed by atoms with Gasteiger partial charge >= 0.3 is 5.97 Å². The predicted octanol–water partition coefficient (Wildman–Crippen LogP) is 3.70. The molecule has 0 aliphatic carbocycles. The molecule has 0 aliphatic rings. The molecule has 0 heterocycles. The number of hydrogen-bond donors (Lipinski definition) is 1. The second-order valence-electron chi connectivity index (χ2n) is 5.83. The van der Waals surface area contributed by atoms with Crippen LogP contribution < -0.4 is 0 Å². The van der Waals surface area contributed by atoms with Crippen LogP contribution in [0.25, 0.3) is 0 Å². The molecule has 128 valence electrons. The number of carboxylic acids is 1. The molecule has 2 aromatic rings.